The van der Waals surface area contributed by atoms with Gasteiger partial charge in [-0.1, -0.05) is 30.2 Å². The third-order valence-corrected chi connectivity index (χ3v) is 18.4. The molecule has 16 nitrogen and oxygen atoms in total. The van der Waals surface area contributed by atoms with Crippen molar-refractivity contribution in [3.05, 3.63) is 77.1 Å². The van der Waals surface area contributed by atoms with E-state index in [1.165, 1.54) is 38.1 Å². The lowest BCUT2D eigenvalue weighted by Crippen LogP contribution is -2.43. The second-order valence-electron chi connectivity index (χ2n) is 23.0. The first-order valence-electron chi connectivity index (χ1n) is 28.6. The van der Waals surface area contributed by atoms with Gasteiger partial charge in [0, 0.05) is 74.3 Å². The van der Waals surface area contributed by atoms with E-state index in [1.54, 1.807) is 12.1 Å². The number of benzene rings is 3. The summed E-state index contributed by atoms with van der Waals surface area (Å²) in [4.78, 5) is 59.4. The highest BCUT2D eigenvalue weighted by Crippen LogP contribution is 2.44. The van der Waals surface area contributed by atoms with Crippen LogP contribution in [0.15, 0.2) is 48.5 Å². The molecule has 7 aliphatic rings. The number of fused-ring (bicyclic) bond motifs is 5. The van der Waals surface area contributed by atoms with Crippen molar-refractivity contribution in [2.75, 3.05) is 76.0 Å². The van der Waals surface area contributed by atoms with Gasteiger partial charge in [0.1, 0.15) is 29.5 Å². The van der Waals surface area contributed by atoms with Crippen LogP contribution >= 0.6 is 0 Å². The monoisotopic (exact) mass is 1080 g/mol. The van der Waals surface area contributed by atoms with Gasteiger partial charge in [0.05, 0.1) is 59.1 Å². The van der Waals surface area contributed by atoms with Gasteiger partial charge in [-0.2, -0.15) is 15.1 Å². The molecule has 7 aliphatic heterocycles. The van der Waals surface area contributed by atoms with Crippen LogP contribution in [-0.4, -0.2) is 136 Å². The van der Waals surface area contributed by atoms with Crippen LogP contribution < -0.4 is 19.9 Å². The van der Waals surface area contributed by atoms with Gasteiger partial charge < -0.3 is 28.9 Å². The Morgan fingerprint density at radius 2 is 1.71 bits per heavy atom. The van der Waals surface area contributed by atoms with E-state index < -0.39 is 11.6 Å². The molecule has 79 heavy (non-hydrogen) atoms. The van der Waals surface area contributed by atoms with Crippen LogP contribution in [0.4, 0.5) is 25.1 Å². The topological polar surface area (TPSA) is 160 Å². The molecule has 3 unspecified atom stereocenters. The van der Waals surface area contributed by atoms with Crippen molar-refractivity contribution in [3.8, 4) is 29.6 Å². The summed E-state index contributed by atoms with van der Waals surface area (Å²) >= 11 is 0. The summed E-state index contributed by atoms with van der Waals surface area (Å²) in [5.74, 6) is 2.58. The fraction of sp³-hybridized carbons (Fsp3) is 0.525. The number of pyridine rings is 1. The van der Waals surface area contributed by atoms with Gasteiger partial charge in [-0.25, -0.2) is 18.6 Å². The van der Waals surface area contributed by atoms with Gasteiger partial charge in [-0.05, 0) is 145 Å². The highest BCUT2D eigenvalue weighted by molar-refractivity contribution is 6.04. The number of aryl methyl sites for hydroxylation is 2. The zero-order valence-corrected chi connectivity index (χ0v) is 45.6. The molecule has 0 bridgehead atoms. The van der Waals surface area contributed by atoms with E-state index in [-0.39, 0.29) is 58.2 Å². The minimum absolute atomic E-state index is 0.00280. The van der Waals surface area contributed by atoms with Crippen molar-refractivity contribution in [2.24, 2.45) is 18.9 Å². The summed E-state index contributed by atoms with van der Waals surface area (Å²) < 4.78 is 50.8. The van der Waals surface area contributed by atoms with Crippen LogP contribution in [0.5, 0.6) is 6.01 Å². The number of carbonyl (C=O) groups excluding carboxylic acids is 3. The second kappa shape index (κ2) is 21.9. The molecule has 10 heterocycles. The van der Waals surface area contributed by atoms with Gasteiger partial charge >= 0.3 is 12.1 Å². The molecule has 414 valence electrons. The molecule has 4 atom stereocenters. The Labute approximate surface area is 459 Å². The quantitative estimate of drug-likeness (QED) is 0.114. The van der Waals surface area contributed by atoms with Crippen LogP contribution in [0.3, 0.4) is 0 Å². The standard InChI is InChI=1S/C34H33F2N5O2.C27H37N5O4/c1-2-23-25(35)11-9-21-7-3-8-24(27(21)23)30-29(36)31-28-26(37-30)12-10-22-19-42-18-6-17-41(22)32(28)39-33(38-31)43-20-34-13-4-15-40(34)16-5-14-34;1-17-14-19(15-18-8-11-31(12-9-18)27(35)36-3)10-13-32(17)20-4-5-21-23(16-20)30(2)29-25(21)22-6-7-24(33)28-26(22)34/h1,3,7-9,11,22H,4-6,10,12-20H2;4-5,16-19,22H,6-15H2,1-3H3,(H,28,33,34)/t;17?,19-,22?/m.1/s1. The number of nitrogens with one attached hydrogen (secondary N) is 1. The van der Waals surface area contributed by atoms with Crippen LogP contribution in [0.2, 0.25) is 0 Å². The highest BCUT2D eigenvalue weighted by Gasteiger charge is 2.45. The Kier molecular flexibility index (Phi) is 14.6. The normalized spacial score (nSPS) is 23.4. The smallest absolute Gasteiger partial charge is 0.409 e. The Morgan fingerprint density at radius 3 is 2.48 bits per heavy atom. The van der Waals surface area contributed by atoms with E-state index in [0.29, 0.717) is 90.2 Å². The molecule has 3 aromatic carbocycles. The van der Waals surface area contributed by atoms with Gasteiger partial charge in [0.25, 0.3) is 0 Å². The molecular weight excluding hydrogens is 1010 g/mol. The highest BCUT2D eigenvalue weighted by atomic mass is 19.1. The predicted octanol–water partition coefficient (Wildman–Crippen LogP) is 9.22. The fourth-order valence-electron chi connectivity index (χ4n) is 14.3. The molecule has 18 heteroatoms. The number of hydrogen-bond donors (Lipinski definition) is 1. The summed E-state index contributed by atoms with van der Waals surface area (Å²) in [5, 5.41) is 9.92. The SMILES string of the molecule is C#Cc1c(F)ccc2cccc(-c3nc4c5c(nc(OCC67CCCN6CCC7)nc5c3F)N3CCCOCC3CC4)c12.COC(=O)N1CCC(C[C@@H]2CCN(c3ccc4c(C5CCC(=O)NC5=O)nn(C)c4c3)C(C)C2)CC1. The van der Waals surface area contributed by atoms with Crippen LogP contribution in [-0.2, 0) is 32.5 Å². The molecule has 0 radical (unpaired) electrons. The summed E-state index contributed by atoms with van der Waals surface area (Å²) in [5.41, 5.74) is 4.49. The third-order valence-electron chi connectivity index (χ3n) is 18.4. The van der Waals surface area contributed by atoms with Gasteiger partial charge in [0.15, 0.2) is 5.82 Å². The molecule has 3 aromatic heterocycles. The largest absolute Gasteiger partial charge is 0.461 e. The third kappa shape index (κ3) is 9.99. The molecule has 3 amide bonds. The number of carbonyl (C=O) groups is 3. The number of imide groups is 1. The predicted molar refractivity (Wildman–Crippen MR) is 298 cm³/mol. The van der Waals surface area contributed by atoms with E-state index in [2.05, 4.69) is 56.2 Å². The number of amides is 3. The average molecular weight is 1080 g/mol. The molecule has 6 fully saturated rings. The van der Waals surface area contributed by atoms with E-state index >= 15 is 4.39 Å². The van der Waals surface area contributed by atoms with Crippen molar-refractivity contribution in [1.29, 1.82) is 0 Å². The Morgan fingerprint density at radius 1 is 0.899 bits per heavy atom. The number of hydrogen-bond acceptors (Lipinski definition) is 13. The minimum atomic E-state index is -0.585. The number of anilines is 2. The molecule has 6 aromatic rings. The zero-order valence-electron chi connectivity index (χ0n) is 45.6. The number of terminal acetylenes is 1. The number of methoxy groups -OCH3 is 1. The fourth-order valence-corrected chi connectivity index (χ4v) is 14.3. The van der Waals surface area contributed by atoms with Crippen LogP contribution in [0, 0.1) is 35.8 Å². The van der Waals surface area contributed by atoms with Gasteiger partial charge in [-0.3, -0.25) is 24.5 Å². The zero-order chi connectivity index (χ0) is 54.5. The molecule has 13 rings (SSSR count). The van der Waals surface area contributed by atoms with Crippen molar-refractivity contribution in [2.45, 2.75) is 120 Å². The Bertz CT molecular complexity index is 3380. The second-order valence-corrected chi connectivity index (χ2v) is 23.0. The molecule has 1 N–H and O–H groups in total. The summed E-state index contributed by atoms with van der Waals surface area (Å²) in [6, 6.07) is 15.5. The number of aromatic nitrogens is 5. The first-order valence-corrected chi connectivity index (χ1v) is 28.6. The molecule has 0 spiro atoms. The number of halogens is 2. The van der Waals surface area contributed by atoms with Crippen molar-refractivity contribution in [1.82, 2.24) is 39.8 Å². The van der Waals surface area contributed by atoms with Crippen molar-refractivity contribution >= 4 is 62.0 Å². The summed E-state index contributed by atoms with van der Waals surface area (Å²) in [6.07, 6.45) is 18.8. The van der Waals surface area contributed by atoms with E-state index in [4.69, 9.17) is 35.6 Å². The minimum Gasteiger partial charge on any atom is -0.461 e. The number of piperidine rings is 3. The maximum Gasteiger partial charge on any atom is 0.409 e. The maximum absolute atomic E-state index is 16.9. The van der Waals surface area contributed by atoms with Crippen LogP contribution in [0.25, 0.3) is 43.8 Å². The molecular formula is C61H70F2N10O6. The van der Waals surface area contributed by atoms with Gasteiger partial charge in [0.2, 0.25) is 11.8 Å². The van der Waals surface area contributed by atoms with Crippen LogP contribution in [0.1, 0.15) is 113 Å². The van der Waals surface area contributed by atoms with Gasteiger partial charge in [-0.15, -0.1) is 6.42 Å². The average Bonchev–Trinajstić information content (AvgIpc) is 4.29. The lowest BCUT2D eigenvalue weighted by atomic mass is 9.81. The Hall–Kier alpha value is -6.97. The number of nitrogens with zero attached hydrogens (tertiary/aromatic N) is 9. The first-order chi connectivity index (χ1) is 38.4. The number of ether oxygens (including phenoxy) is 3. The molecule has 0 saturated carbocycles. The molecule has 6 saturated heterocycles. The summed E-state index contributed by atoms with van der Waals surface area (Å²) in [6.45, 7) is 9.57. The van der Waals surface area contributed by atoms with Crippen molar-refractivity contribution in [3.63, 3.8) is 0 Å². The van der Waals surface area contributed by atoms with E-state index in [0.717, 1.165) is 107 Å². The van der Waals surface area contributed by atoms with E-state index in [1.807, 2.05) is 28.8 Å². The lowest BCUT2D eigenvalue weighted by molar-refractivity contribution is -0.134. The Balaban J connectivity index is 0.000000161. The molecule has 0 aliphatic carbocycles. The lowest BCUT2D eigenvalue weighted by Gasteiger charge is -2.41. The maximum atomic E-state index is 16.9. The summed E-state index contributed by atoms with van der Waals surface area (Å²) in [7, 11) is 3.37. The number of likely N-dealkylation sites (tertiary alicyclic amines) is 1. The van der Waals surface area contributed by atoms with E-state index in [9.17, 15) is 18.8 Å². The van der Waals surface area contributed by atoms with Crippen molar-refractivity contribution < 1.29 is 37.4 Å². The first kappa shape index (κ1) is 52.7. The number of rotatable bonds is 8.